The topological polar surface area (TPSA) is 38.0 Å². The summed E-state index contributed by atoms with van der Waals surface area (Å²) in [6.45, 7) is 6.65. The van der Waals surface area contributed by atoms with Crippen molar-refractivity contribution in [1.29, 1.82) is 0 Å². The highest BCUT2D eigenvalue weighted by atomic mass is 79.9. The largest absolute Gasteiger partial charge is 0.388 e. The Morgan fingerprint density at radius 3 is 2.75 bits per heavy atom. The third kappa shape index (κ3) is 3.08. The van der Waals surface area contributed by atoms with Gasteiger partial charge < -0.3 is 5.11 Å². The molecule has 1 aromatic carbocycles. The first-order valence-corrected chi connectivity index (χ1v) is 7.77. The van der Waals surface area contributed by atoms with Crippen molar-refractivity contribution in [1.82, 2.24) is 9.78 Å². The van der Waals surface area contributed by atoms with Crippen molar-refractivity contribution in [3.63, 3.8) is 0 Å². The molecule has 3 nitrogen and oxygen atoms in total. The van der Waals surface area contributed by atoms with Gasteiger partial charge >= 0.3 is 0 Å². The van der Waals surface area contributed by atoms with Crippen LogP contribution >= 0.6 is 27.5 Å². The monoisotopic (exact) mass is 356 g/mol. The van der Waals surface area contributed by atoms with E-state index in [9.17, 15) is 5.11 Å². The summed E-state index contributed by atoms with van der Waals surface area (Å²) in [4.78, 5) is 0. The van der Waals surface area contributed by atoms with Crippen LogP contribution in [0, 0.1) is 13.8 Å². The average Bonchev–Trinajstić information content (AvgIpc) is 2.69. The minimum atomic E-state index is -0.608. The Kier molecular flexibility index (Phi) is 4.89. The molecule has 0 spiro atoms. The molecule has 0 fully saturated rings. The first-order valence-electron chi connectivity index (χ1n) is 6.60. The number of aromatic nitrogens is 2. The van der Waals surface area contributed by atoms with Gasteiger partial charge in [-0.2, -0.15) is 5.10 Å². The molecule has 1 heterocycles. The summed E-state index contributed by atoms with van der Waals surface area (Å²) >= 11 is 9.78. The summed E-state index contributed by atoms with van der Waals surface area (Å²) in [5.41, 5.74) is 3.68. The van der Waals surface area contributed by atoms with Crippen molar-refractivity contribution in [2.45, 2.75) is 39.8 Å². The van der Waals surface area contributed by atoms with Crippen molar-refractivity contribution in [2.24, 2.45) is 0 Å². The number of aliphatic hydroxyl groups is 1. The second-order valence-electron chi connectivity index (χ2n) is 4.91. The maximum atomic E-state index is 10.5. The Hall–Kier alpha value is -0.840. The van der Waals surface area contributed by atoms with Crippen LogP contribution in [-0.4, -0.2) is 14.9 Å². The predicted octanol–water partition coefficient (Wildman–Crippen LogP) is 4.21. The highest BCUT2D eigenvalue weighted by molar-refractivity contribution is 9.10. The highest BCUT2D eigenvalue weighted by Gasteiger charge is 2.19. The molecule has 0 aliphatic rings. The van der Waals surface area contributed by atoms with Crippen molar-refractivity contribution < 1.29 is 5.11 Å². The number of nitrogens with zero attached hydrogens (tertiary/aromatic N) is 2. The van der Waals surface area contributed by atoms with E-state index < -0.39 is 6.10 Å². The van der Waals surface area contributed by atoms with E-state index in [4.69, 9.17) is 11.6 Å². The lowest BCUT2D eigenvalue weighted by Crippen LogP contribution is -2.09. The smallest absolute Gasteiger partial charge is 0.0856 e. The van der Waals surface area contributed by atoms with Crippen LogP contribution < -0.4 is 0 Å². The van der Waals surface area contributed by atoms with Gasteiger partial charge in [-0.3, -0.25) is 4.68 Å². The van der Waals surface area contributed by atoms with E-state index in [1.165, 1.54) is 0 Å². The molecule has 0 aliphatic heterocycles. The molecule has 0 amide bonds. The number of aliphatic hydroxyl groups excluding tert-OH is 1. The second-order valence-corrected chi connectivity index (χ2v) is 6.14. The lowest BCUT2D eigenvalue weighted by Gasteiger charge is -2.15. The molecular formula is C15H18BrClN2O. The van der Waals surface area contributed by atoms with Crippen molar-refractivity contribution >= 4 is 27.5 Å². The third-order valence-electron chi connectivity index (χ3n) is 3.35. The summed E-state index contributed by atoms with van der Waals surface area (Å²) < 4.78 is 2.76. The van der Waals surface area contributed by atoms with Crippen LogP contribution in [0.3, 0.4) is 0 Å². The fraction of sp³-hybridized carbons (Fsp3) is 0.400. The van der Waals surface area contributed by atoms with Gasteiger partial charge in [-0.15, -0.1) is 0 Å². The molecule has 1 atom stereocenters. The van der Waals surface area contributed by atoms with Crippen LogP contribution in [0.2, 0.25) is 5.02 Å². The number of hydrogen-bond donors (Lipinski definition) is 1. The molecule has 108 valence electrons. The van der Waals surface area contributed by atoms with Crippen molar-refractivity contribution in [3.05, 3.63) is 50.2 Å². The van der Waals surface area contributed by atoms with Gasteiger partial charge in [0.2, 0.25) is 0 Å². The van der Waals surface area contributed by atoms with Gasteiger partial charge in [-0.05, 0) is 32.4 Å². The number of rotatable bonds is 4. The molecule has 0 radical (unpaired) electrons. The second kappa shape index (κ2) is 6.29. The Bertz CT molecular complexity index is 625. The van der Waals surface area contributed by atoms with Crippen LogP contribution in [0.25, 0.3) is 0 Å². The third-order valence-corrected chi connectivity index (χ3v) is 4.56. The molecule has 0 saturated heterocycles. The molecule has 0 bridgehead atoms. The van der Waals surface area contributed by atoms with Crippen LogP contribution in [0.1, 0.15) is 35.5 Å². The van der Waals surface area contributed by atoms with E-state index in [1.807, 2.05) is 43.7 Å². The van der Waals surface area contributed by atoms with Crippen LogP contribution in [0.15, 0.2) is 22.7 Å². The molecule has 0 aliphatic carbocycles. The van der Waals surface area contributed by atoms with Crippen molar-refractivity contribution in [2.75, 3.05) is 0 Å². The predicted molar refractivity (Wildman–Crippen MR) is 85.2 cm³/mol. The van der Waals surface area contributed by atoms with Gasteiger partial charge in [0, 0.05) is 17.4 Å². The Morgan fingerprint density at radius 2 is 2.10 bits per heavy atom. The zero-order valence-electron chi connectivity index (χ0n) is 11.8. The molecule has 1 N–H and O–H groups in total. The molecule has 0 saturated carbocycles. The molecule has 5 heteroatoms. The zero-order valence-corrected chi connectivity index (χ0v) is 14.2. The van der Waals surface area contributed by atoms with Gasteiger partial charge in [0.25, 0.3) is 0 Å². The minimum absolute atomic E-state index is 0.454. The molecule has 1 unspecified atom stereocenters. The molecule has 2 rings (SSSR count). The van der Waals surface area contributed by atoms with E-state index in [1.54, 1.807) is 0 Å². The summed E-state index contributed by atoms with van der Waals surface area (Å²) in [5, 5.41) is 15.5. The summed E-state index contributed by atoms with van der Waals surface area (Å²) in [6, 6.07) is 5.95. The lowest BCUT2D eigenvalue weighted by atomic mass is 10.0. The Balaban J connectivity index is 2.32. The number of hydrogen-bond acceptors (Lipinski definition) is 2. The lowest BCUT2D eigenvalue weighted by molar-refractivity contribution is 0.174. The molecule has 2 aromatic rings. The number of aryl methyl sites for hydroxylation is 3. The molecular weight excluding hydrogens is 340 g/mol. The van der Waals surface area contributed by atoms with Gasteiger partial charge in [-0.1, -0.05) is 45.2 Å². The van der Waals surface area contributed by atoms with Crippen LogP contribution in [0.4, 0.5) is 0 Å². The Labute approximate surface area is 132 Å². The quantitative estimate of drug-likeness (QED) is 0.890. The summed E-state index contributed by atoms with van der Waals surface area (Å²) in [7, 11) is 0. The van der Waals surface area contributed by atoms with E-state index in [0.29, 0.717) is 11.4 Å². The van der Waals surface area contributed by atoms with E-state index in [0.717, 1.165) is 33.5 Å². The first-order chi connectivity index (χ1) is 9.43. The van der Waals surface area contributed by atoms with Crippen LogP contribution in [-0.2, 0) is 13.0 Å². The fourth-order valence-corrected chi connectivity index (χ4v) is 3.00. The van der Waals surface area contributed by atoms with Gasteiger partial charge in [0.15, 0.2) is 0 Å². The number of benzene rings is 1. The maximum Gasteiger partial charge on any atom is 0.0856 e. The standard InChI is InChI=1S/C15H18BrClN2O/c1-4-19-13(15(17)10(3)18-19)8-14(20)11-7-9(2)5-6-12(11)16/h5-7,14,20H,4,8H2,1-3H3. The molecule has 1 aromatic heterocycles. The zero-order chi connectivity index (χ0) is 14.9. The highest BCUT2D eigenvalue weighted by Crippen LogP contribution is 2.30. The minimum Gasteiger partial charge on any atom is -0.388 e. The van der Waals surface area contributed by atoms with Gasteiger partial charge in [0.1, 0.15) is 0 Å². The van der Waals surface area contributed by atoms with Crippen LogP contribution in [0.5, 0.6) is 0 Å². The van der Waals surface area contributed by atoms with E-state index in [-0.39, 0.29) is 0 Å². The summed E-state index contributed by atoms with van der Waals surface area (Å²) in [5.74, 6) is 0. The number of halogens is 2. The van der Waals surface area contributed by atoms with Gasteiger partial charge in [0.05, 0.1) is 22.5 Å². The van der Waals surface area contributed by atoms with Crippen molar-refractivity contribution in [3.8, 4) is 0 Å². The Morgan fingerprint density at radius 1 is 1.40 bits per heavy atom. The maximum absolute atomic E-state index is 10.5. The normalized spacial score (nSPS) is 12.7. The SMILES string of the molecule is CCn1nc(C)c(Cl)c1CC(O)c1cc(C)ccc1Br. The van der Waals surface area contributed by atoms with E-state index >= 15 is 0 Å². The van der Waals surface area contributed by atoms with Gasteiger partial charge in [-0.25, -0.2) is 0 Å². The molecule has 20 heavy (non-hydrogen) atoms. The summed E-state index contributed by atoms with van der Waals surface area (Å²) in [6.07, 6.45) is -0.154. The van der Waals surface area contributed by atoms with E-state index in [2.05, 4.69) is 21.0 Å². The average molecular weight is 358 g/mol. The first kappa shape index (κ1) is 15.5. The fourth-order valence-electron chi connectivity index (χ4n) is 2.28.